The van der Waals surface area contributed by atoms with E-state index in [1.165, 1.54) is 6.20 Å². The summed E-state index contributed by atoms with van der Waals surface area (Å²) in [5.41, 5.74) is 1.15. The molecule has 5 heteroatoms. The Morgan fingerprint density at radius 3 is 2.60 bits per heavy atom. The number of aliphatic hydroxyl groups excluding tert-OH is 1. The van der Waals surface area contributed by atoms with Crippen LogP contribution in [0.3, 0.4) is 0 Å². The molecule has 1 amide bonds. The first-order chi connectivity index (χ1) is 9.58. The van der Waals surface area contributed by atoms with E-state index in [9.17, 15) is 9.90 Å². The molecule has 0 saturated carbocycles. The smallest absolute Gasteiger partial charge is 0.253 e. The zero-order valence-electron chi connectivity index (χ0n) is 10.6. The highest BCUT2D eigenvalue weighted by Crippen LogP contribution is 2.21. The lowest BCUT2D eigenvalue weighted by Gasteiger charge is -2.13. The molecule has 1 aromatic heterocycles. The van der Waals surface area contributed by atoms with Crippen LogP contribution in [0, 0.1) is 0 Å². The second-order valence-corrected chi connectivity index (χ2v) is 4.61. The third-order valence-electron chi connectivity index (χ3n) is 2.72. The Balaban J connectivity index is 2.05. The first-order valence-corrected chi connectivity index (χ1v) is 6.29. The fourth-order valence-electron chi connectivity index (χ4n) is 1.61. The number of aromatic nitrogens is 1. The van der Waals surface area contributed by atoms with E-state index < -0.39 is 12.0 Å². The molecule has 2 aromatic rings. The normalized spacial score (nSPS) is 11.7. The molecule has 1 heterocycles. The Morgan fingerprint density at radius 1 is 1.30 bits per heavy atom. The lowest BCUT2D eigenvalue weighted by molar-refractivity contribution is -0.113. The summed E-state index contributed by atoms with van der Waals surface area (Å²) in [7, 11) is 0. The van der Waals surface area contributed by atoms with Crippen molar-refractivity contribution in [3.8, 4) is 0 Å². The molecule has 0 saturated heterocycles. The minimum atomic E-state index is -1.09. The predicted octanol–water partition coefficient (Wildman–Crippen LogP) is 2.96. The zero-order valence-corrected chi connectivity index (χ0v) is 11.3. The second-order valence-electron chi connectivity index (χ2n) is 4.18. The molecule has 0 radical (unpaired) electrons. The van der Waals surface area contributed by atoms with Crippen LogP contribution < -0.4 is 5.32 Å². The lowest BCUT2D eigenvalue weighted by atomic mass is 10.0. The van der Waals surface area contributed by atoms with Crippen molar-refractivity contribution >= 4 is 23.2 Å². The van der Waals surface area contributed by atoms with Crippen LogP contribution in [-0.2, 0) is 4.79 Å². The number of nitrogens with zero attached hydrogens (tertiary/aromatic N) is 1. The fraction of sp³-hybridized carbons (Fsp3) is 0.0667. The average molecular weight is 289 g/mol. The molecule has 0 aliphatic rings. The number of rotatable bonds is 4. The number of hydrogen-bond donors (Lipinski definition) is 2. The van der Waals surface area contributed by atoms with Gasteiger partial charge < -0.3 is 10.4 Å². The molecule has 4 nitrogen and oxygen atoms in total. The minimum Gasteiger partial charge on any atom is -0.383 e. The third kappa shape index (κ3) is 3.44. The Labute approximate surface area is 121 Å². The zero-order chi connectivity index (χ0) is 14.5. The van der Waals surface area contributed by atoms with E-state index in [2.05, 4.69) is 16.9 Å². The molecule has 0 spiro atoms. The molecule has 0 fully saturated rings. The van der Waals surface area contributed by atoms with Crippen LogP contribution in [0.15, 0.2) is 60.9 Å². The number of hydrogen-bond acceptors (Lipinski definition) is 3. The molecule has 0 aliphatic carbocycles. The number of aliphatic hydroxyl groups is 1. The van der Waals surface area contributed by atoms with Gasteiger partial charge in [-0.05, 0) is 30.3 Å². The molecule has 1 unspecified atom stereocenters. The van der Waals surface area contributed by atoms with Crippen LogP contribution in [0.5, 0.6) is 0 Å². The summed E-state index contributed by atoms with van der Waals surface area (Å²) >= 11 is 5.76. The number of carbonyl (C=O) groups excluding carboxylic acids is 1. The summed E-state index contributed by atoms with van der Waals surface area (Å²) in [6.45, 7) is 3.63. The van der Waals surface area contributed by atoms with Gasteiger partial charge in [-0.15, -0.1) is 0 Å². The van der Waals surface area contributed by atoms with Gasteiger partial charge in [0.25, 0.3) is 5.91 Å². The Bertz CT molecular complexity index is 612. The number of nitrogens with one attached hydrogen (secondary N) is 1. The maximum Gasteiger partial charge on any atom is 0.253 e. The van der Waals surface area contributed by atoms with Crippen molar-refractivity contribution in [2.75, 3.05) is 5.32 Å². The van der Waals surface area contributed by atoms with Crippen molar-refractivity contribution < 1.29 is 9.90 Å². The van der Waals surface area contributed by atoms with E-state index in [1.807, 2.05) is 0 Å². The number of benzene rings is 1. The van der Waals surface area contributed by atoms with Gasteiger partial charge in [-0.1, -0.05) is 24.2 Å². The van der Waals surface area contributed by atoms with Gasteiger partial charge in [-0.2, -0.15) is 0 Å². The summed E-state index contributed by atoms with van der Waals surface area (Å²) < 4.78 is 0. The van der Waals surface area contributed by atoms with Crippen LogP contribution in [0.4, 0.5) is 5.69 Å². The van der Waals surface area contributed by atoms with Crippen molar-refractivity contribution in [1.82, 2.24) is 4.98 Å². The molecule has 0 bridgehead atoms. The molecule has 102 valence electrons. The summed E-state index contributed by atoms with van der Waals surface area (Å²) in [4.78, 5) is 15.9. The summed E-state index contributed by atoms with van der Waals surface area (Å²) in [5, 5.41) is 13.3. The highest BCUT2D eigenvalue weighted by molar-refractivity contribution is 6.30. The molecule has 2 rings (SSSR count). The third-order valence-corrected chi connectivity index (χ3v) is 2.98. The van der Waals surface area contributed by atoms with E-state index in [-0.39, 0.29) is 5.57 Å². The van der Waals surface area contributed by atoms with Gasteiger partial charge in [0.1, 0.15) is 6.10 Å². The van der Waals surface area contributed by atoms with Gasteiger partial charge in [-0.3, -0.25) is 9.78 Å². The van der Waals surface area contributed by atoms with Crippen LogP contribution >= 0.6 is 11.6 Å². The highest BCUT2D eigenvalue weighted by atomic mass is 35.5. The van der Waals surface area contributed by atoms with Gasteiger partial charge in [0.15, 0.2) is 0 Å². The molecule has 1 aromatic carbocycles. The topological polar surface area (TPSA) is 62.2 Å². The molecule has 0 aliphatic heterocycles. The van der Waals surface area contributed by atoms with E-state index in [1.54, 1.807) is 42.6 Å². The molecular weight excluding hydrogens is 276 g/mol. The number of carbonyl (C=O) groups is 1. The quantitative estimate of drug-likeness (QED) is 0.850. The second kappa shape index (κ2) is 6.32. The minimum absolute atomic E-state index is 0.0490. The average Bonchev–Trinajstić information content (AvgIpc) is 2.49. The van der Waals surface area contributed by atoms with Gasteiger partial charge in [0.05, 0.1) is 0 Å². The van der Waals surface area contributed by atoms with Gasteiger partial charge >= 0.3 is 0 Å². The van der Waals surface area contributed by atoms with Gasteiger partial charge in [0.2, 0.25) is 0 Å². The maximum absolute atomic E-state index is 12.0. The fourth-order valence-corrected chi connectivity index (χ4v) is 1.73. The monoisotopic (exact) mass is 288 g/mol. The maximum atomic E-state index is 12.0. The highest BCUT2D eigenvalue weighted by Gasteiger charge is 2.18. The van der Waals surface area contributed by atoms with Crippen molar-refractivity contribution in [3.63, 3.8) is 0 Å². The first-order valence-electron chi connectivity index (χ1n) is 5.91. The number of pyridine rings is 1. The van der Waals surface area contributed by atoms with Crippen LogP contribution in [0.2, 0.25) is 5.02 Å². The van der Waals surface area contributed by atoms with Gasteiger partial charge in [-0.25, -0.2) is 0 Å². The Kier molecular flexibility index (Phi) is 4.50. The Morgan fingerprint density at radius 2 is 2.00 bits per heavy atom. The number of amides is 1. The summed E-state index contributed by atoms with van der Waals surface area (Å²) in [6.07, 6.45) is 1.99. The first kappa shape index (κ1) is 14.2. The van der Waals surface area contributed by atoms with E-state index in [0.29, 0.717) is 16.3 Å². The summed E-state index contributed by atoms with van der Waals surface area (Å²) in [6, 6.07) is 10.0. The van der Waals surface area contributed by atoms with Crippen molar-refractivity contribution in [3.05, 3.63) is 71.5 Å². The largest absolute Gasteiger partial charge is 0.383 e. The van der Waals surface area contributed by atoms with E-state index in [0.717, 1.165) is 0 Å². The molecule has 20 heavy (non-hydrogen) atoms. The summed E-state index contributed by atoms with van der Waals surface area (Å²) in [5.74, 6) is -0.455. The lowest BCUT2D eigenvalue weighted by Crippen LogP contribution is -2.18. The SMILES string of the molecule is C=C(C(=O)Nc1ccc(Cl)cc1)C(O)c1cccnc1. The number of anilines is 1. The molecule has 1 atom stereocenters. The van der Waals surface area contributed by atoms with Gasteiger partial charge in [0, 0.05) is 34.2 Å². The van der Waals surface area contributed by atoms with E-state index >= 15 is 0 Å². The van der Waals surface area contributed by atoms with Crippen LogP contribution in [-0.4, -0.2) is 16.0 Å². The predicted molar refractivity (Wildman–Crippen MR) is 78.4 cm³/mol. The van der Waals surface area contributed by atoms with Crippen LogP contribution in [0.25, 0.3) is 0 Å². The molecular formula is C15H13ClN2O2. The molecule has 2 N–H and O–H groups in total. The van der Waals surface area contributed by atoms with Crippen molar-refractivity contribution in [1.29, 1.82) is 0 Å². The van der Waals surface area contributed by atoms with Crippen LogP contribution in [0.1, 0.15) is 11.7 Å². The Hall–Kier alpha value is -2.17. The van der Waals surface area contributed by atoms with E-state index in [4.69, 9.17) is 11.6 Å². The van der Waals surface area contributed by atoms with Crippen molar-refractivity contribution in [2.24, 2.45) is 0 Å². The van der Waals surface area contributed by atoms with Crippen molar-refractivity contribution in [2.45, 2.75) is 6.10 Å². The number of halogens is 1. The standard InChI is InChI=1S/C15H13ClN2O2/c1-10(14(19)11-3-2-8-17-9-11)15(20)18-13-6-4-12(16)5-7-13/h2-9,14,19H,1H2,(H,18,20).